The second-order valence-electron chi connectivity index (χ2n) is 4.81. The van der Waals surface area contributed by atoms with Crippen LogP contribution in [0.2, 0.25) is 0 Å². The van der Waals surface area contributed by atoms with Crippen LogP contribution in [0.3, 0.4) is 0 Å². The third kappa shape index (κ3) is 2.86. The molecule has 2 nitrogen and oxygen atoms in total. The van der Waals surface area contributed by atoms with E-state index in [-0.39, 0.29) is 0 Å². The van der Waals surface area contributed by atoms with E-state index in [0.717, 1.165) is 12.5 Å². The predicted octanol–water partition coefficient (Wildman–Crippen LogP) is 3.50. The number of fused-ring (bicyclic) bond motifs is 1. The molecule has 0 aromatic carbocycles. The zero-order chi connectivity index (χ0) is 11.5. The number of amidine groups is 1. The van der Waals surface area contributed by atoms with Gasteiger partial charge in [0, 0.05) is 16.7 Å². The summed E-state index contributed by atoms with van der Waals surface area (Å²) in [6, 6.07) is 4.96. The first-order valence-corrected chi connectivity index (χ1v) is 8.24. The van der Waals surface area contributed by atoms with Gasteiger partial charge in [-0.05, 0) is 30.2 Å². The Morgan fingerprint density at radius 3 is 3.18 bits per heavy atom. The lowest BCUT2D eigenvalue weighted by Gasteiger charge is -2.36. The van der Waals surface area contributed by atoms with Crippen LogP contribution in [-0.4, -0.2) is 17.0 Å². The van der Waals surface area contributed by atoms with Crippen molar-refractivity contribution in [1.82, 2.24) is 5.32 Å². The summed E-state index contributed by atoms with van der Waals surface area (Å²) in [6.45, 7) is 0.838. The summed E-state index contributed by atoms with van der Waals surface area (Å²) in [6.07, 6.45) is 5.55. The van der Waals surface area contributed by atoms with Gasteiger partial charge >= 0.3 is 0 Å². The summed E-state index contributed by atoms with van der Waals surface area (Å²) in [4.78, 5) is 6.05. The van der Waals surface area contributed by atoms with Crippen LogP contribution in [-0.2, 0) is 6.54 Å². The fraction of sp³-hybridized carbons (Fsp3) is 0.615. The summed E-state index contributed by atoms with van der Waals surface area (Å²) in [5.74, 6) is 2.15. The quantitative estimate of drug-likeness (QED) is 0.886. The molecule has 1 aromatic rings. The monoisotopic (exact) mass is 266 g/mol. The van der Waals surface area contributed by atoms with Gasteiger partial charge in [0.25, 0.3) is 0 Å². The van der Waals surface area contributed by atoms with E-state index in [4.69, 9.17) is 4.99 Å². The minimum atomic E-state index is 0.701. The van der Waals surface area contributed by atoms with Gasteiger partial charge in [-0.15, -0.1) is 11.3 Å². The first-order chi connectivity index (χ1) is 8.42. The van der Waals surface area contributed by atoms with Gasteiger partial charge in [-0.3, -0.25) is 4.99 Å². The average Bonchev–Trinajstić information content (AvgIpc) is 2.89. The summed E-state index contributed by atoms with van der Waals surface area (Å²) in [5, 5.41) is 6.92. The highest BCUT2D eigenvalue weighted by Crippen LogP contribution is 2.31. The van der Waals surface area contributed by atoms with Gasteiger partial charge in [0.2, 0.25) is 0 Å². The Bertz CT molecular complexity index is 386. The van der Waals surface area contributed by atoms with Gasteiger partial charge in [0.15, 0.2) is 5.17 Å². The van der Waals surface area contributed by atoms with Crippen molar-refractivity contribution in [3.63, 3.8) is 0 Å². The molecule has 1 saturated carbocycles. The number of hydrogen-bond acceptors (Lipinski definition) is 3. The lowest BCUT2D eigenvalue weighted by atomic mass is 9.86. The maximum Gasteiger partial charge on any atom is 0.157 e. The van der Waals surface area contributed by atoms with Crippen LogP contribution < -0.4 is 5.32 Å². The molecule has 0 amide bonds. The third-order valence-electron chi connectivity index (χ3n) is 3.61. The van der Waals surface area contributed by atoms with Crippen LogP contribution in [0.15, 0.2) is 22.5 Å². The Balaban J connectivity index is 1.59. The predicted molar refractivity (Wildman–Crippen MR) is 76.8 cm³/mol. The summed E-state index contributed by atoms with van der Waals surface area (Å²) < 4.78 is 0. The molecule has 92 valence electrons. The van der Waals surface area contributed by atoms with Crippen molar-refractivity contribution >= 4 is 28.3 Å². The van der Waals surface area contributed by atoms with Crippen LogP contribution in [0.4, 0.5) is 0 Å². The van der Waals surface area contributed by atoms with E-state index in [1.807, 2.05) is 11.8 Å². The smallest absolute Gasteiger partial charge is 0.157 e. The van der Waals surface area contributed by atoms with Gasteiger partial charge < -0.3 is 5.32 Å². The standard InChI is InChI=1S/C13H18N2S2/c1-2-6-12-10(4-1)9-17-13(15-12)14-8-11-5-3-7-16-11/h3,5,7,10,12H,1-2,4,6,8-9H2,(H,14,15). The van der Waals surface area contributed by atoms with E-state index < -0.39 is 0 Å². The number of aliphatic imine (C=N–C) groups is 1. The SMILES string of the molecule is c1csc(CN=C2NC3CCCCC3CS2)c1. The van der Waals surface area contributed by atoms with Crippen LogP contribution in [0.1, 0.15) is 30.6 Å². The Hall–Kier alpha value is -0.480. The number of hydrogen-bond donors (Lipinski definition) is 1. The Labute approximate surface area is 111 Å². The number of thiophene rings is 1. The normalized spacial score (nSPS) is 30.9. The highest BCUT2D eigenvalue weighted by Gasteiger charge is 2.29. The second kappa shape index (κ2) is 5.44. The summed E-state index contributed by atoms with van der Waals surface area (Å²) in [5.41, 5.74) is 0. The fourth-order valence-corrected chi connectivity index (χ4v) is 4.42. The molecular weight excluding hydrogens is 248 g/mol. The first kappa shape index (κ1) is 11.6. The molecule has 2 unspecified atom stereocenters. The van der Waals surface area contributed by atoms with Crippen molar-refractivity contribution < 1.29 is 0 Å². The summed E-state index contributed by atoms with van der Waals surface area (Å²) >= 11 is 3.70. The molecule has 1 N–H and O–H groups in total. The number of nitrogens with zero attached hydrogens (tertiary/aromatic N) is 1. The maximum atomic E-state index is 4.70. The number of thioether (sulfide) groups is 1. The molecule has 2 atom stereocenters. The topological polar surface area (TPSA) is 24.4 Å². The van der Waals surface area contributed by atoms with E-state index in [9.17, 15) is 0 Å². The lowest BCUT2D eigenvalue weighted by molar-refractivity contribution is 0.311. The molecule has 0 spiro atoms. The molecule has 2 fully saturated rings. The van der Waals surface area contributed by atoms with Crippen LogP contribution in [0, 0.1) is 5.92 Å². The van der Waals surface area contributed by atoms with E-state index in [1.165, 1.54) is 41.5 Å². The molecule has 2 aliphatic rings. The average molecular weight is 266 g/mol. The third-order valence-corrected chi connectivity index (χ3v) is 5.59. The molecule has 0 bridgehead atoms. The molecule has 1 aromatic heterocycles. The molecule has 3 rings (SSSR count). The zero-order valence-corrected chi connectivity index (χ0v) is 11.5. The van der Waals surface area contributed by atoms with Gasteiger partial charge in [0.05, 0.1) is 6.54 Å². The highest BCUT2D eigenvalue weighted by molar-refractivity contribution is 8.13. The van der Waals surface area contributed by atoms with Gasteiger partial charge in [-0.25, -0.2) is 0 Å². The zero-order valence-electron chi connectivity index (χ0n) is 9.89. The molecule has 1 aliphatic carbocycles. The van der Waals surface area contributed by atoms with Crippen molar-refractivity contribution in [2.45, 2.75) is 38.3 Å². The van der Waals surface area contributed by atoms with Crippen molar-refractivity contribution in [1.29, 1.82) is 0 Å². The Morgan fingerprint density at radius 2 is 2.29 bits per heavy atom. The van der Waals surface area contributed by atoms with Crippen molar-refractivity contribution in [3.8, 4) is 0 Å². The Morgan fingerprint density at radius 1 is 1.35 bits per heavy atom. The van der Waals surface area contributed by atoms with Crippen molar-refractivity contribution in [2.24, 2.45) is 10.9 Å². The molecule has 17 heavy (non-hydrogen) atoms. The molecule has 1 aliphatic heterocycles. The fourth-order valence-electron chi connectivity index (χ4n) is 2.63. The molecular formula is C13H18N2S2. The van der Waals surface area contributed by atoms with E-state index in [2.05, 4.69) is 22.8 Å². The second-order valence-corrected chi connectivity index (χ2v) is 6.85. The van der Waals surface area contributed by atoms with Crippen LogP contribution in [0.5, 0.6) is 0 Å². The van der Waals surface area contributed by atoms with Gasteiger partial charge in [0.1, 0.15) is 0 Å². The van der Waals surface area contributed by atoms with Crippen LogP contribution >= 0.6 is 23.1 Å². The van der Waals surface area contributed by atoms with E-state index >= 15 is 0 Å². The Kier molecular flexibility index (Phi) is 3.71. The van der Waals surface area contributed by atoms with Crippen molar-refractivity contribution in [2.75, 3.05) is 5.75 Å². The number of nitrogens with one attached hydrogen (secondary N) is 1. The number of rotatable bonds is 2. The highest BCUT2D eigenvalue weighted by atomic mass is 32.2. The largest absolute Gasteiger partial charge is 0.362 e. The molecule has 0 radical (unpaired) electrons. The molecule has 2 heterocycles. The van der Waals surface area contributed by atoms with Gasteiger partial charge in [-0.2, -0.15) is 0 Å². The summed E-state index contributed by atoms with van der Waals surface area (Å²) in [7, 11) is 0. The minimum Gasteiger partial charge on any atom is -0.362 e. The van der Waals surface area contributed by atoms with Gasteiger partial charge in [-0.1, -0.05) is 30.7 Å². The maximum absolute atomic E-state index is 4.70. The van der Waals surface area contributed by atoms with E-state index in [1.54, 1.807) is 11.3 Å². The van der Waals surface area contributed by atoms with Crippen LogP contribution in [0.25, 0.3) is 0 Å². The van der Waals surface area contributed by atoms with Crippen molar-refractivity contribution in [3.05, 3.63) is 22.4 Å². The molecule has 1 saturated heterocycles. The lowest BCUT2D eigenvalue weighted by Crippen LogP contribution is -2.46. The minimum absolute atomic E-state index is 0.701. The first-order valence-electron chi connectivity index (χ1n) is 6.38. The van der Waals surface area contributed by atoms with E-state index in [0.29, 0.717) is 6.04 Å². The molecule has 4 heteroatoms.